The van der Waals surface area contributed by atoms with Crippen LogP contribution in [0.5, 0.6) is 5.75 Å². The van der Waals surface area contributed by atoms with Gasteiger partial charge in [-0.2, -0.15) is 13.2 Å². The lowest BCUT2D eigenvalue weighted by Crippen LogP contribution is -2.42. The normalized spacial score (nSPS) is 14.5. The maximum Gasteiger partial charge on any atom is 0.416 e. The number of amides is 1. The third-order valence-electron chi connectivity index (χ3n) is 4.87. The van der Waals surface area contributed by atoms with E-state index in [1.807, 2.05) is 24.3 Å². The number of morpholine rings is 1. The van der Waals surface area contributed by atoms with Gasteiger partial charge in [0, 0.05) is 19.3 Å². The molecular formula is C23H25F3N2O4. The molecule has 0 N–H and O–H groups in total. The van der Waals surface area contributed by atoms with Crippen LogP contribution in [0.3, 0.4) is 0 Å². The second kappa shape index (κ2) is 11.5. The summed E-state index contributed by atoms with van der Waals surface area (Å²) in [5.74, 6) is 0.578. The molecule has 1 amide bonds. The van der Waals surface area contributed by atoms with Crippen molar-refractivity contribution in [3.05, 3.63) is 65.2 Å². The first-order valence-electron chi connectivity index (χ1n) is 10.3. The number of hydrogen-bond acceptors (Lipinski definition) is 5. The average Bonchev–Trinajstić information content (AvgIpc) is 2.81. The van der Waals surface area contributed by atoms with Crippen LogP contribution in [0, 0.1) is 0 Å². The summed E-state index contributed by atoms with van der Waals surface area (Å²) in [4.78, 5) is 18.9. The molecule has 0 aromatic heterocycles. The molecule has 1 saturated heterocycles. The summed E-state index contributed by atoms with van der Waals surface area (Å²) in [5.41, 5.74) is 0.994. The summed E-state index contributed by atoms with van der Waals surface area (Å²) in [7, 11) is 0. The van der Waals surface area contributed by atoms with E-state index in [4.69, 9.17) is 14.3 Å². The van der Waals surface area contributed by atoms with Crippen LogP contribution in [0.25, 0.3) is 0 Å². The molecule has 0 aliphatic carbocycles. The number of aryl methyl sites for hydroxylation is 1. The zero-order chi connectivity index (χ0) is 22.8. The number of hydrogen-bond donors (Lipinski definition) is 0. The molecule has 1 heterocycles. The van der Waals surface area contributed by atoms with Crippen molar-refractivity contribution in [2.75, 3.05) is 32.9 Å². The molecular weight excluding hydrogens is 425 g/mol. The molecule has 0 saturated carbocycles. The molecule has 9 heteroatoms. The van der Waals surface area contributed by atoms with Crippen LogP contribution in [0.4, 0.5) is 13.2 Å². The third kappa shape index (κ3) is 7.56. The quantitative estimate of drug-likeness (QED) is 0.427. The molecule has 2 aromatic rings. The fraction of sp³-hybridized carbons (Fsp3) is 0.391. The second-order valence-electron chi connectivity index (χ2n) is 7.22. The van der Waals surface area contributed by atoms with Crippen molar-refractivity contribution in [1.82, 2.24) is 4.90 Å². The molecule has 2 aromatic carbocycles. The Labute approximate surface area is 184 Å². The first-order valence-corrected chi connectivity index (χ1v) is 10.3. The molecule has 3 rings (SSSR count). The molecule has 1 fully saturated rings. The Kier molecular flexibility index (Phi) is 8.49. The van der Waals surface area contributed by atoms with Crippen molar-refractivity contribution in [1.29, 1.82) is 0 Å². The Balaban J connectivity index is 1.32. The van der Waals surface area contributed by atoms with Crippen LogP contribution in [0.15, 0.2) is 53.7 Å². The van der Waals surface area contributed by atoms with E-state index in [0.717, 1.165) is 24.1 Å². The minimum atomic E-state index is -4.35. The number of carbonyl (C=O) groups excluding carboxylic acids is 1. The van der Waals surface area contributed by atoms with Gasteiger partial charge in [0.05, 0.1) is 18.8 Å². The summed E-state index contributed by atoms with van der Waals surface area (Å²) in [5, 5.41) is 3.84. The zero-order valence-electron chi connectivity index (χ0n) is 17.5. The van der Waals surface area contributed by atoms with Gasteiger partial charge in [0.25, 0.3) is 5.91 Å². The number of halogens is 3. The SMILES string of the molecule is O=C(COc1ccc(CCC=NOCc2ccc(C(F)(F)F)cc2)cc1)N1CCOCC1. The molecule has 0 bridgehead atoms. The topological polar surface area (TPSA) is 60.4 Å². The van der Waals surface area contributed by atoms with Gasteiger partial charge in [0.15, 0.2) is 6.61 Å². The van der Waals surface area contributed by atoms with Gasteiger partial charge < -0.3 is 19.2 Å². The maximum atomic E-state index is 12.5. The van der Waals surface area contributed by atoms with Gasteiger partial charge >= 0.3 is 6.18 Å². The van der Waals surface area contributed by atoms with E-state index in [-0.39, 0.29) is 19.1 Å². The summed E-state index contributed by atoms with van der Waals surface area (Å²) < 4.78 is 48.4. The Morgan fingerprint density at radius 2 is 1.69 bits per heavy atom. The van der Waals surface area contributed by atoms with Crippen molar-refractivity contribution in [2.24, 2.45) is 5.16 Å². The predicted molar refractivity (Wildman–Crippen MR) is 112 cm³/mol. The van der Waals surface area contributed by atoms with Crippen LogP contribution >= 0.6 is 0 Å². The van der Waals surface area contributed by atoms with Crippen molar-refractivity contribution < 1.29 is 32.3 Å². The molecule has 1 aliphatic rings. The van der Waals surface area contributed by atoms with Crippen molar-refractivity contribution >= 4 is 12.1 Å². The summed E-state index contributed by atoms with van der Waals surface area (Å²) in [6, 6.07) is 12.3. The molecule has 6 nitrogen and oxygen atoms in total. The van der Waals surface area contributed by atoms with Gasteiger partial charge in [-0.1, -0.05) is 29.4 Å². The highest BCUT2D eigenvalue weighted by Crippen LogP contribution is 2.29. The number of benzene rings is 2. The third-order valence-corrected chi connectivity index (χ3v) is 4.87. The van der Waals surface area contributed by atoms with E-state index >= 15 is 0 Å². The van der Waals surface area contributed by atoms with Gasteiger partial charge in [0.1, 0.15) is 12.4 Å². The molecule has 0 spiro atoms. The summed E-state index contributed by atoms with van der Waals surface area (Å²) in [6.45, 7) is 2.41. The van der Waals surface area contributed by atoms with Crippen molar-refractivity contribution in [2.45, 2.75) is 25.6 Å². The lowest BCUT2D eigenvalue weighted by Gasteiger charge is -2.26. The standard InChI is InChI=1S/C23H25F3N2O4/c24-23(25,26)20-7-3-19(4-8-20)16-32-27-11-1-2-18-5-9-21(10-6-18)31-17-22(29)28-12-14-30-15-13-28/h3-11H,1-2,12-17H2. The molecule has 1 aliphatic heterocycles. The van der Waals surface area contributed by atoms with E-state index in [9.17, 15) is 18.0 Å². The number of rotatable bonds is 9. The van der Waals surface area contributed by atoms with Gasteiger partial charge in [-0.15, -0.1) is 0 Å². The van der Waals surface area contributed by atoms with Gasteiger partial charge in [-0.05, 0) is 48.2 Å². The fourth-order valence-corrected chi connectivity index (χ4v) is 3.04. The van der Waals surface area contributed by atoms with Gasteiger partial charge in [0.2, 0.25) is 0 Å². The zero-order valence-corrected chi connectivity index (χ0v) is 17.5. The average molecular weight is 450 g/mol. The van der Waals surface area contributed by atoms with Crippen LogP contribution < -0.4 is 4.74 Å². The fourth-order valence-electron chi connectivity index (χ4n) is 3.04. The van der Waals surface area contributed by atoms with E-state index in [1.54, 1.807) is 11.1 Å². The van der Waals surface area contributed by atoms with Crippen LogP contribution in [0.1, 0.15) is 23.1 Å². The van der Waals surface area contributed by atoms with Crippen LogP contribution in [-0.4, -0.2) is 49.9 Å². The first-order chi connectivity index (χ1) is 15.4. The van der Waals surface area contributed by atoms with Gasteiger partial charge in [-0.3, -0.25) is 4.79 Å². The van der Waals surface area contributed by atoms with E-state index in [0.29, 0.717) is 44.0 Å². The highest BCUT2D eigenvalue weighted by atomic mass is 19.4. The molecule has 32 heavy (non-hydrogen) atoms. The number of alkyl halides is 3. The van der Waals surface area contributed by atoms with E-state index < -0.39 is 11.7 Å². The largest absolute Gasteiger partial charge is 0.484 e. The second-order valence-corrected chi connectivity index (χ2v) is 7.22. The smallest absolute Gasteiger partial charge is 0.416 e. The maximum absolute atomic E-state index is 12.5. The minimum Gasteiger partial charge on any atom is -0.484 e. The Bertz CT molecular complexity index is 878. The molecule has 172 valence electrons. The highest BCUT2D eigenvalue weighted by Gasteiger charge is 2.29. The number of nitrogens with zero attached hydrogens (tertiary/aromatic N) is 2. The number of carbonyl (C=O) groups is 1. The predicted octanol–water partition coefficient (Wildman–Crippen LogP) is 4.08. The van der Waals surface area contributed by atoms with Crippen LogP contribution in [0.2, 0.25) is 0 Å². The summed E-state index contributed by atoms with van der Waals surface area (Å²) >= 11 is 0. The Hall–Kier alpha value is -3.07. The van der Waals surface area contributed by atoms with Crippen molar-refractivity contribution in [3.8, 4) is 5.75 Å². The molecule has 0 unspecified atom stereocenters. The minimum absolute atomic E-state index is 0.00226. The monoisotopic (exact) mass is 450 g/mol. The Morgan fingerprint density at radius 1 is 1.03 bits per heavy atom. The first kappa shape index (κ1) is 23.6. The lowest BCUT2D eigenvalue weighted by molar-refractivity contribution is -0.138. The number of ether oxygens (including phenoxy) is 2. The molecule has 0 atom stereocenters. The lowest BCUT2D eigenvalue weighted by atomic mass is 10.1. The van der Waals surface area contributed by atoms with E-state index in [1.165, 1.54) is 12.1 Å². The highest BCUT2D eigenvalue weighted by molar-refractivity contribution is 5.77. The number of oxime groups is 1. The van der Waals surface area contributed by atoms with Gasteiger partial charge in [-0.25, -0.2) is 0 Å². The molecule has 0 radical (unpaired) electrons. The van der Waals surface area contributed by atoms with E-state index in [2.05, 4.69) is 5.16 Å². The van der Waals surface area contributed by atoms with Crippen LogP contribution in [-0.2, 0) is 33.6 Å². The summed E-state index contributed by atoms with van der Waals surface area (Å²) in [6.07, 6.45) is -1.35. The Morgan fingerprint density at radius 3 is 2.34 bits per heavy atom. The van der Waals surface area contributed by atoms with Crippen molar-refractivity contribution in [3.63, 3.8) is 0 Å².